The Balaban J connectivity index is 1.64. The summed E-state index contributed by atoms with van der Waals surface area (Å²) in [4.78, 5) is 22.6. The summed E-state index contributed by atoms with van der Waals surface area (Å²) in [6, 6.07) is 16.2. The molecule has 1 amide bonds. The van der Waals surface area contributed by atoms with Crippen LogP contribution in [0.4, 0.5) is 4.79 Å². The lowest BCUT2D eigenvalue weighted by atomic mass is 9.98. The first-order valence-corrected chi connectivity index (χ1v) is 7.58. The second kappa shape index (κ2) is 7.00. The fraction of sp³-hybridized carbons (Fsp3) is 0.158. The van der Waals surface area contributed by atoms with Crippen LogP contribution in [0.1, 0.15) is 17.0 Å². The zero-order valence-corrected chi connectivity index (χ0v) is 13.0. The van der Waals surface area contributed by atoms with E-state index < -0.39 is 12.1 Å². The number of benzene rings is 2. The number of hydrogen-bond donors (Lipinski definition) is 1. The van der Waals surface area contributed by atoms with Crippen molar-refractivity contribution in [3.8, 4) is 11.1 Å². The third-order valence-electron chi connectivity index (χ3n) is 3.94. The minimum atomic E-state index is -0.631. The Hall–Kier alpha value is -3.08. The van der Waals surface area contributed by atoms with Crippen LogP contribution < -0.4 is 5.32 Å². The maximum Gasteiger partial charge on any atom is 0.409 e. The van der Waals surface area contributed by atoms with Gasteiger partial charge in [-0.3, -0.25) is 5.32 Å². The van der Waals surface area contributed by atoms with E-state index in [0.29, 0.717) is 0 Å². The zero-order chi connectivity index (χ0) is 16.9. The van der Waals surface area contributed by atoms with E-state index in [-0.39, 0.29) is 19.3 Å². The molecule has 122 valence electrons. The molecule has 3 rings (SSSR count). The average molecular weight is 323 g/mol. The van der Waals surface area contributed by atoms with Crippen LogP contribution >= 0.6 is 0 Å². The van der Waals surface area contributed by atoms with E-state index in [4.69, 9.17) is 4.74 Å². The van der Waals surface area contributed by atoms with Gasteiger partial charge in [-0.05, 0) is 22.3 Å². The van der Waals surface area contributed by atoms with Crippen molar-refractivity contribution in [1.29, 1.82) is 0 Å². The number of nitrogens with one attached hydrogen (secondary N) is 1. The van der Waals surface area contributed by atoms with E-state index >= 15 is 0 Å². The van der Waals surface area contributed by atoms with Gasteiger partial charge in [0.05, 0.1) is 0 Å². The normalized spacial score (nSPS) is 12.0. The first-order chi connectivity index (χ1) is 11.7. The quantitative estimate of drug-likeness (QED) is 0.521. The van der Waals surface area contributed by atoms with Gasteiger partial charge in [0, 0.05) is 12.0 Å². The predicted molar refractivity (Wildman–Crippen MR) is 89.4 cm³/mol. The molecule has 0 heterocycles. The van der Waals surface area contributed by atoms with Gasteiger partial charge in [-0.2, -0.15) is 0 Å². The molecule has 1 aliphatic carbocycles. The summed E-state index contributed by atoms with van der Waals surface area (Å²) < 4.78 is 9.97. The molecule has 5 nitrogen and oxygen atoms in total. The smallest absolute Gasteiger partial charge is 0.409 e. The number of rotatable bonds is 5. The third kappa shape index (κ3) is 3.15. The van der Waals surface area contributed by atoms with Crippen LogP contribution in [0.5, 0.6) is 0 Å². The molecule has 5 heteroatoms. The van der Waals surface area contributed by atoms with Crippen LogP contribution in [-0.2, 0) is 14.3 Å². The van der Waals surface area contributed by atoms with Crippen LogP contribution in [0.2, 0.25) is 0 Å². The number of carbonyl (C=O) groups excluding carboxylic acids is 2. The molecule has 0 aromatic heterocycles. The number of ether oxygens (including phenoxy) is 2. The zero-order valence-electron chi connectivity index (χ0n) is 13.0. The summed E-state index contributed by atoms with van der Waals surface area (Å²) >= 11 is 0. The fourth-order valence-electron chi connectivity index (χ4n) is 2.87. The molecular weight excluding hydrogens is 306 g/mol. The number of fused-ring (bicyclic) bond motifs is 3. The van der Waals surface area contributed by atoms with E-state index in [9.17, 15) is 9.59 Å². The monoisotopic (exact) mass is 323 g/mol. The van der Waals surface area contributed by atoms with E-state index in [1.807, 2.05) is 36.4 Å². The summed E-state index contributed by atoms with van der Waals surface area (Å²) in [5.41, 5.74) is 4.62. The maximum atomic E-state index is 11.7. The lowest BCUT2D eigenvalue weighted by Crippen LogP contribution is -2.29. The Morgan fingerprint density at radius 1 is 1.00 bits per heavy atom. The van der Waals surface area contributed by atoms with E-state index in [2.05, 4.69) is 28.8 Å². The Kier molecular flexibility index (Phi) is 4.61. The molecule has 0 unspecified atom stereocenters. The van der Waals surface area contributed by atoms with Crippen LogP contribution in [-0.4, -0.2) is 25.4 Å². The summed E-state index contributed by atoms with van der Waals surface area (Å²) in [6.45, 7) is 3.24. The molecule has 0 fully saturated rings. The highest BCUT2D eigenvalue weighted by molar-refractivity contribution is 5.81. The minimum absolute atomic E-state index is 0.00104. The molecular formula is C19H17NO4. The number of amides is 1. The Bertz CT molecular complexity index is 739. The second-order valence-corrected chi connectivity index (χ2v) is 5.31. The standard InChI is InChI=1S/C19H17NO4/c1-2-18(21)24-12-20-19(22)23-11-17-15-9-5-3-7-13(15)14-8-4-6-10-16(14)17/h2-10,17H,1,11-12H2,(H,20,22). The topological polar surface area (TPSA) is 64.6 Å². The van der Waals surface area contributed by atoms with Gasteiger partial charge in [0.1, 0.15) is 6.61 Å². The Labute approximate surface area is 139 Å². The molecule has 2 aromatic rings. The summed E-state index contributed by atoms with van der Waals surface area (Å²) in [5, 5.41) is 2.37. The lowest BCUT2D eigenvalue weighted by Gasteiger charge is -2.14. The molecule has 0 bridgehead atoms. The second-order valence-electron chi connectivity index (χ2n) is 5.31. The van der Waals surface area contributed by atoms with Crippen LogP contribution in [0, 0.1) is 0 Å². The average Bonchev–Trinajstić information content (AvgIpc) is 2.94. The summed E-state index contributed by atoms with van der Waals surface area (Å²) in [5.74, 6) is -0.604. The predicted octanol–water partition coefficient (Wildman–Crippen LogP) is 3.21. The maximum absolute atomic E-state index is 11.7. The fourth-order valence-corrected chi connectivity index (χ4v) is 2.87. The highest BCUT2D eigenvalue weighted by Crippen LogP contribution is 2.44. The lowest BCUT2D eigenvalue weighted by molar-refractivity contribution is -0.138. The van der Waals surface area contributed by atoms with Gasteiger partial charge in [0.2, 0.25) is 0 Å². The molecule has 0 spiro atoms. The van der Waals surface area contributed by atoms with Crippen molar-refractivity contribution in [2.24, 2.45) is 0 Å². The molecule has 0 atom stereocenters. The van der Waals surface area contributed by atoms with Crippen molar-refractivity contribution in [3.63, 3.8) is 0 Å². The third-order valence-corrected chi connectivity index (χ3v) is 3.94. The number of alkyl carbamates (subject to hydrolysis) is 1. The van der Waals surface area contributed by atoms with Crippen molar-refractivity contribution >= 4 is 12.1 Å². The number of esters is 1. The minimum Gasteiger partial charge on any atom is -0.448 e. The van der Waals surface area contributed by atoms with Crippen LogP contribution in [0.15, 0.2) is 61.2 Å². The first-order valence-electron chi connectivity index (χ1n) is 7.58. The highest BCUT2D eigenvalue weighted by atomic mass is 16.6. The summed E-state index contributed by atoms with van der Waals surface area (Å²) in [7, 11) is 0. The molecule has 0 aliphatic heterocycles. The van der Waals surface area contributed by atoms with Crippen molar-refractivity contribution < 1.29 is 19.1 Å². The largest absolute Gasteiger partial charge is 0.448 e. The van der Waals surface area contributed by atoms with E-state index in [0.717, 1.165) is 17.2 Å². The van der Waals surface area contributed by atoms with Gasteiger partial charge in [0.15, 0.2) is 6.73 Å². The molecule has 0 saturated carbocycles. The molecule has 1 N–H and O–H groups in total. The van der Waals surface area contributed by atoms with Gasteiger partial charge in [0.25, 0.3) is 0 Å². The molecule has 2 aromatic carbocycles. The highest BCUT2D eigenvalue weighted by Gasteiger charge is 2.28. The van der Waals surface area contributed by atoms with Crippen LogP contribution in [0.25, 0.3) is 11.1 Å². The number of carbonyl (C=O) groups is 2. The molecule has 0 radical (unpaired) electrons. The van der Waals surface area contributed by atoms with E-state index in [1.54, 1.807) is 0 Å². The van der Waals surface area contributed by atoms with Gasteiger partial charge < -0.3 is 9.47 Å². The van der Waals surface area contributed by atoms with Gasteiger partial charge in [-0.1, -0.05) is 55.1 Å². The molecule has 0 saturated heterocycles. The number of hydrogen-bond acceptors (Lipinski definition) is 4. The molecule has 24 heavy (non-hydrogen) atoms. The van der Waals surface area contributed by atoms with Gasteiger partial charge >= 0.3 is 12.1 Å². The summed E-state index contributed by atoms with van der Waals surface area (Å²) in [6.07, 6.45) is 0.396. The van der Waals surface area contributed by atoms with Crippen molar-refractivity contribution in [3.05, 3.63) is 72.3 Å². The first kappa shape index (κ1) is 15.8. The Morgan fingerprint density at radius 2 is 1.58 bits per heavy atom. The van der Waals surface area contributed by atoms with E-state index in [1.165, 1.54) is 11.1 Å². The van der Waals surface area contributed by atoms with Gasteiger partial charge in [-0.15, -0.1) is 0 Å². The van der Waals surface area contributed by atoms with Crippen molar-refractivity contribution in [1.82, 2.24) is 5.32 Å². The van der Waals surface area contributed by atoms with Crippen molar-refractivity contribution in [2.45, 2.75) is 5.92 Å². The van der Waals surface area contributed by atoms with Crippen molar-refractivity contribution in [2.75, 3.05) is 13.3 Å². The van der Waals surface area contributed by atoms with Crippen LogP contribution in [0.3, 0.4) is 0 Å². The SMILES string of the molecule is C=CC(=O)OCNC(=O)OCC1c2ccccc2-c2ccccc21. The molecule has 1 aliphatic rings. The Morgan fingerprint density at radius 3 is 2.17 bits per heavy atom. The van der Waals surface area contributed by atoms with Gasteiger partial charge in [-0.25, -0.2) is 9.59 Å².